The number of hydrogen-bond acceptors (Lipinski definition) is 2. The molecule has 2 unspecified atom stereocenters. The van der Waals surface area contributed by atoms with Crippen LogP contribution in [0.25, 0.3) is 132 Å². The van der Waals surface area contributed by atoms with E-state index in [0.29, 0.717) is 0 Å². The van der Waals surface area contributed by atoms with E-state index in [2.05, 4.69) is 249 Å². The number of nitrogens with zero attached hydrogens (tertiary/aromatic N) is 4. The molecule has 6 heterocycles. The SMILES string of the molecule is C1=C(n2c3ccccc3c3ccccc32)C=C(n2c3ccccc3c3ccccc32)C2Oc3c(ccc4c3oc3c(-n5c6ccccc6c6ccccc65)cc(-n5c6ccccc6c6ccccc65)cc34)C12. The number of rotatable bonds is 4. The van der Waals surface area contributed by atoms with Crippen molar-refractivity contribution in [3.05, 3.63) is 236 Å². The number of para-hydroxylation sites is 8. The lowest BCUT2D eigenvalue weighted by Crippen LogP contribution is -2.26. The summed E-state index contributed by atoms with van der Waals surface area (Å²) in [5.41, 5.74) is 16.1. The summed E-state index contributed by atoms with van der Waals surface area (Å²) in [7, 11) is 0. The van der Waals surface area contributed by atoms with Gasteiger partial charge in [-0.15, -0.1) is 0 Å². The number of fused-ring (bicyclic) bond motifs is 19. The van der Waals surface area contributed by atoms with E-state index < -0.39 is 0 Å². The molecule has 0 radical (unpaired) electrons. The number of aromatic nitrogens is 4. The van der Waals surface area contributed by atoms with E-state index in [1.54, 1.807) is 0 Å². The van der Waals surface area contributed by atoms with Gasteiger partial charge in [0.05, 0.1) is 61.4 Å². The Morgan fingerprint density at radius 1 is 0.333 bits per heavy atom. The van der Waals surface area contributed by atoms with Gasteiger partial charge in [0.1, 0.15) is 6.10 Å². The van der Waals surface area contributed by atoms with Crippen molar-refractivity contribution in [3.63, 3.8) is 0 Å². The third kappa shape index (κ3) is 4.97. The van der Waals surface area contributed by atoms with Crippen LogP contribution in [-0.4, -0.2) is 24.4 Å². The summed E-state index contributed by atoms with van der Waals surface area (Å²) < 4.78 is 24.8. The van der Waals surface area contributed by atoms with E-state index in [1.807, 2.05) is 0 Å². The highest BCUT2D eigenvalue weighted by molar-refractivity contribution is 6.17. The number of benzene rings is 10. The topological polar surface area (TPSA) is 42.1 Å². The summed E-state index contributed by atoms with van der Waals surface area (Å²) in [5.74, 6) is 0.661. The molecule has 0 N–H and O–H groups in total. The maximum absolute atomic E-state index is 7.57. The van der Waals surface area contributed by atoms with E-state index >= 15 is 0 Å². The Bertz CT molecular complexity index is 4720. The first-order valence-corrected chi connectivity index (χ1v) is 24.8. The minimum absolute atomic E-state index is 0.127. The van der Waals surface area contributed by atoms with Crippen LogP contribution in [0.15, 0.2) is 235 Å². The van der Waals surface area contributed by atoms with Crippen molar-refractivity contribution < 1.29 is 9.15 Å². The van der Waals surface area contributed by atoms with E-state index in [1.165, 1.54) is 54.1 Å². The lowest BCUT2D eigenvalue weighted by atomic mass is 9.88. The fourth-order valence-corrected chi connectivity index (χ4v) is 12.9. The molecule has 5 aromatic heterocycles. The molecule has 0 fully saturated rings. The Kier molecular flexibility index (Phi) is 7.49. The molecule has 0 spiro atoms. The van der Waals surface area contributed by atoms with Gasteiger partial charge in [0.2, 0.25) is 0 Å². The fraction of sp³-hybridized carbons (Fsp3) is 0.0303. The summed E-state index contributed by atoms with van der Waals surface area (Å²) in [4.78, 5) is 0. The van der Waals surface area contributed by atoms with Gasteiger partial charge in [-0.2, -0.15) is 0 Å². The monoisotopic (exact) mass is 920 g/mol. The average Bonchev–Trinajstić information content (AvgIpc) is 4.29. The predicted octanol–water partition coefficient (Wildman–Crippen LogP) is 16.9. The van der Waals surface area contributed by atoms with Gasteiger partial charge in [-0.05, 0) is 78.9 Å². The van der Waals surface area contributed by atoms with Crippen LogP contribution < -0.4 is 4.74 Å². The van der Waals surface area contributed by atoms with E-state index in [0.717, 1.165) is 89.1 Å². The molecule has 0 bridgehead atoms. The van der Waals surface area contributed by atoms with Gasteiger partial charge in [-0.3, -0.25) is 0 Å². The van der Waals surface area contributed by atoms with Gasteiger partial charge in [-0.25, -0.2) is 0 Å². The van der Waals surface area contributed by atoms with Crippen molar-refractivity contribution in [2.75, 3.05) is 0 Å². The van der Waals surface area contributed by atoms with E-state index in [-0.39, 0.29) is 12.0 Å². The highest BCUT2D eigenvalue weighted by atomic mass is 16.5. The summed E-state index contributed by atoms with van der Waals surface area (Å²) in [6.45, 7) is 0. The Morgan fingerprint density at radius 2 is 0.736 bits per heavy atom. The maximum Gasteiger partial charge on any atom is 0.177 e. The standard InChI is InChI=1S/C66H40N4O2/c1-9-25-53-41(17-1)42-18-2-10-26-54(42)67(53)39-35-51-49-33-34-50-52-36-40(68-55-27-11-3-19-43(55)44-20-4-12-28-56(44)68)38-62(70-59-31-15-7-23-47(59)48-24-8-16-32-60(48)70)64(52)72-66(50)65(49)71-63(51)61(37-39)69-57-29-13-5-21-45(57)46-22-6-14-30-58(46)69/h1-38,51,63H. The smallest absolute Gasteiger partial charge is 0.177 e. The van der Waals surface area contributed by atoms with Gasteiger partial charge < -0.3 is 27.4 Å². The van der Waals surface area contributed by atoms with Crippen molar-refractivity contribution in [2.24, 2.45) is 0 Å². The van der Waals surface area contributed by atoms with Crippen LogP contribution in [0, 0.1) is 0 Å². The highest BCUT2D eigenvalue weighted by Crippen LogP contribution is 2.53. The average molecular weight is 921 g/mol. The van der Waals surface area contributed by atoms with Crippen LogP contribution in [0.4, 0.5) is 0 Å². The first-order chi connectivity index (χ1) is 35.7. The molecule has 72 heavy (non-hydrogen) atoms. The molecular formula is C66H40N4O2. The van der Waals surface area contributed by atoms with Gasteiger partial charge in [0, 0.05) is 70.8 Å². The lowest BCUT2D eigenvalue weighted by molar-refractivity contribution is 0.272. The molecule has 6 nitrogen and oxygen atoms in total. The normalized spacial score (nSPS) is 15.8. The first kappa shape index (κ1) is 38.3. The van der Waals surface area contributed by atoms with Crippen molar-refractivity contribution in [3.8, 4) is 17.1 Å². The summed E-state index contributed by atoms with van der Waals surface area (Å²) in [5, 5.41) is 11.8. The van der Waals surface area contributed by atoms with Crippen molar-refractivity contribution in [1.29, 1.82) is 0 Å². The number of hydrogen-bond donors (Lipinski definition) is 0. The second kappa shape index (κ2) is 14.1. The molecular weight excluding hydrogens is 881 g/mol. The van der Waals surface area contributed by atoms with Crippen LogP contribution in [0.5, 0.6) is 5.75 Å². The predicted molar refractivity (Wildman–Crippen MR) is 297 cm³/mol. The summed E-state index contributed by atoms with van der Waals surface area (Å²) >= 11 is 0. The molecule has 2 atom stereocenters. The second-order valence-corrected chi connectivity index (χ2v) is 19.5. The van der Waals surface area contributed by atoms with Gasteiger partial charge in [0.25, 0.3) is 0 Å². The quantitative estimate of drug-likeness (QED) is 0.176. The van der Waals surface area contributed by atoms with Gasteiger partial charge >= 0.3 is 0 Å². The minimum Gasteiger partial charge on any atom is -0.479 e. The van der Waals surface area contributed by atoms with Gasteiger partial charge in [-0.1, -0.05) is 152 Å². The zero-order chi connectivity index (χ0) is 46.8. The van der Waals surface area contributed by atoms with Crippen LogP contribution in [0.3, 0.4) is 0 Å². The number of furan rings is 1. The zero-order valence-corrected chi connectivity index (χ0v) is 38.7. The lowest BCUT2D eigenvalue weighted by Gasteiger charge is -2.28. The Labute approximate surface area is 411 Å². The maximum atomic E-state index is 7.57. The molecule has 0 saturated carbocycles. The first-order valence-electron chi connectivity index (χ1n) is 24.8. The number of ether oxygens (including phenoxy) is 1. The van der Waals surface area contributed by atoms with Crippen LogP contribution in [0.1, 0.15) is 11.5 Å². The molecule has 0 amide bonds. The molecule has 15 aromatic rings. The highest BCUT2D eigenvalue weighted by Gasteiger charge is 2.42. The van der Waals surface area contributed by atoms with Crippen LogP contribution in [0.2, 0.25) is 0 Å². The zero-order valence-electron chi connectivity index (χ0n) is 38.7. The third-order valence-corrected chi connectivity index (χ3v) is 15.9. The Hall–Kier alpha value is -9.52. The number of allylic oxidation sites excluding steroid dienone is 2. The largest absolute Gasteiger partial charge is 0.479 e. The molecule has 0 saturated heterocycles. The molecule has 336 valence electrons. The molecule has 1 aliphatic carbocycles. The Morgan fingerprint density at radius 3 is 1.19 bits per heavy atom. The van der Waals surface area contributed by atoms with Crippen molar-refractivity contribution >= 4 is 121 Å². The fourth-order valence-electron chi connectivity index (χ4n) is 12.9. The molecule has 1 aliphatic heterocycles. The van der Waals surface area contributed by atoms with Crippen LogP contribution in [-0.2, 0) is 0 Å². The second-order valence-electron chi connectivity index (χ2n) is 19.5. The van der Waals surface area contributed by atoms with Crippen LogP contribution >= 0.6 is 0 Å². The molecule has 6 heteroatoms. The van der Waals surface area contributed by atoms with Crippen molar-refractivity contribution in [1.82, 2.24) is 18.3 Å². The van der Waals surface area contributed by atoms with E-state index in [9.17, 15) is 0 Å². The minimum atomic E-state index is -0.347. The Balaban J connectivity index is 0.959. The molecule has 10 aromatic carbocycles. The van der Waals surface area contributed by atoms with Gasteiger partial charge in [0.15, 0.2) is 16.9 Å². The van der Waals surface area contributed by atoms with E-state index in [4.69, 9.17) is 9.15 Å². The third-order valence-electron chi connectivity index (χ3n) is 15.9. The molecule has 17 rings (SSSR count). The summed E-state index contributed by atoms with van der Waals surface area (Å²) in [6, 6.07) is 79.3. The molecule has 2 aliphatic rings. The van der Waals surface area contributed by atoms with Crippen molar-refractivity contribution in [2.45, 2.75) is 12.0 Å². The summed E-state index contributed by atoms with van der Waals surface area (Å²) in [6.07, 6.45) is 4.46.